The molecule has 1 aromatic carbocycles. The topological polar surface area (TPSA) is 75.0 Å². The van der Waals surface area contributed by atoms with Gasteiger partial charge in [0.15, 0.2) is 22.9 Å². The number of carbonyl (C=O) groups is 1. The first-order valence-corrected chi connectivity index (χ1v) is 9.21. The largest absolute Gasteiger partial charge is 0.493 e. The molecule has 0 N–H and O–H groups in total. The van der Waals surface area contributed by atoms with Gasteiger partial charge in [0.05, 0.1) is 43.3 Å². The van der Waals surface area contributed by atoms with Gasteiger partial charge < -0.3 is 14.2 Å². The van der Waals surface area contributed by atoms with Crippen molar-refractivity contribution < 1.29 is 19.0 Å². The lowest BCUT2D eigenvalue weighted by atomic mass is 9.88. The van der Waals surface area contributed by atoms with Gasteiger partial charge in [-0.2, -0.15) is 5.10 Å². The Hall–Kier alpha value is -2.93. The van der Waals surface area contributed by atoms with Crippen LogP contribution in [0.3, 0.4) is 0 Å². The molecule has 1 aliphatic rings. The van der Waals surface area contributed by atoms with Gasteiger partial charge in [-0.25, -0.2) is 9.50 Å². The lowest BCUT2D eigenvalue weighted by Crippen LogP contribution is -2.21. The maximum atomic E-state index is 12.4. The van der Waals surface area contributed by atoms with Gasteiger partial charge in [0.1, 0.15) is 0 Å². The number of ketones is 1. The van der Waals surface area contributed by atoms with Crippen LogP contribution >= 0.6 is 0 Å². The molecule has 7 nitrogen and oxygen atoms in total. The van der Waals surface area contributed by atoms with E-state index in [2.05, 4.69) is 11.9 Å². The third-order valence-corrected chi connectivity index (χ3v) is 5.15. The summed E-state index contributed by atoms with van der Waals surface area (Å²) in [5.41, 5.74) is 4.83. The van der Waals surface area contributed by atoms with Crippen molar-refractivity contribution in [2.45, 2.75) is 26.4 Å². The minimum absolute atomic E-state index is 0.125. The number of carbonyl (C=O) groups excluding carboxylic acids is 1. The summed E-state index contributed by atoms with van der Waals surface area (Å²) < 4.78 is 18.0. The van der Waals surface area contributed by atoms with E-state index in [1.807, 2.05) is 22.7 Å². The second-order valence-corrected chi connectivity index (χ2v) is 7.12. The summed E-state index contributed by atoms with van der Waals surface area (Å²) in [6.45, 7) is 2.42. The van der Waals surface area contributed by atoms with Crippen LogP contribution in [0.5, 0.6) is 11.5 Å². The van der Waals surface area contributed by atoms with Crippen LogP contribution in [-0.4, -0.2) is 41.7 Å². The normalized spacial score (nSPS) is 16.3. The SMILES string of the molecule is COCc1nn2c3c(cnc2c1-c1ccc(OC)c(OC)c1)C(=O)C[C@@H](C)C3. The first-order valence-electron chi connectivity index (χ1n) is 9.21. The molecule has 1 aliphatic carbocycles. The molecule has 0 bridgehead atoms. The Morgan fingerprint density at radius 2 is 1.93 bits per heavy atom. The number of rotatable bonds is 5. The fourth-order valence-electron chi connectivity index (χ4n) is 3.86. The van der Waals surface area contributed by atoms with Crippen LogP contribution in [0, 0.1) is 5.92 Å². The van der Waals surface area contributed by atoms with Gasteiger partial charge >= 0.3 is 0 Å². The predicted molar refractivity (Wildman–Crippen MR) is 104 cm³/mol. The summed E-state index contributed by atoms with van der Waals surface area (Å²) in [5.74, 6) is 1.69. The molecule has 0 aliphatic heterocycles. The lowest BCUT2D eigenvalue weighted by Gasteiger charge is -2.20. The lowest BCUT2D eigenvalue weighted by molar-refractivity contribution is 0.0951. The fourth-order valence-corrected chi connectivity index (χ4v) is 3.86. The van der Waals surface area contributed by atoms with Gasteiger partial charge in [0.2, 0.25) is 0 Å². The molecule has 2 aromatic heterocycles. The Bertz CT molecular complexity index is 1060. The number of fused-ring (bicyclic) bond motifs is 3. The van der Waals surface area contributed by atoms with Gasteiger partial charge in [0.25, 0.3) is 0 Å². The van der Waals surface area contributed by atoms with Crippen LogP contribution in [0.15, 0.2) is 24.4 Å². The van der Waals surface area contributed by atoms with Crippen LogP contribution < -0.4 is 9.47 Å². The molecule has 0 spiro atoms. The van der Waals surface area contributed by atoms with Crippen LogP contribution in [0.25, 0.3) is 16.8 Å². The highest BCUT2D eigenvalue weighted by atomic mass is 16.5. The molecule has 0 radical (unpaired) electrons. The average Bonchev–Trinajstić information content (AvgIpc) is 3.06. The number of ether oxygens (including phenoxy) is 3. The summed E-state index contributed by atoms with van der Waals surface area (Å²) in [6, 6.07) is 5.72. The fraction of sp³-hybridized carbons (Fsp3) is 0.381. The summed E-state index contributed by atoms with van der Waals surface area (Å²) in [5, 5.41) is 4.76. The molecule has 0 amide bonds. The third-order valence-electron chi connectivity index (χ3n) is 5.15. The van der Waals surface area contributed by atoms with Crippen molar-refractivity contribution in [2.75, 3.05) is 21.3 Å². The Morgan fingerprint density at radius 3 is 2.64 bits per heavy atom. The Balaban J connectivity index is 1.97. The third kappa shape index (κ3) is 2.92. The number of benzene rings is 1. The van der Waals surface area contributed by atoms with Gasteiger partial charge in [-0.15, -0.1) is 0 Å². The number of Topliss-reactive ketones (excluding diaryl/α,β-unsaturated/α-hetero) is 1. The van der Waals surface area contributed by atoms with Crippen LogP contribution in [0.4, 0.5) is 0 Å². The van der Waals surface area contributed by atoms with E-state index in [0.717, 1.165) is 28.9 Å². The highest BCUT2D eigenvalue weighted by Crippen LogP contribution is 2.36. The molecular weight excluding hydrogens is 358 g/mol. The predicted octanol–water partition coefficient (Wildman–Crippen LogP) is 3.32. The van der Waals surface area contributed by atoms with E-state index in [1.165, 1.54) is 0 Å². The number of aromatic nitrogens is 3. The first kappa shape index (κ1) is 18.4. The average molecular weight is 381 g/mol. The zero-order valence-electron chi connectivity index (χ0n) is 16.5. The monoisotopic (exact) mass is 381 g/mol. The molecule has 0 unspecified atom stereocenters. The highest BCUT2D eigenvalue weighted by molar-refractivity contribution is 5.98. The van der Waals surface area contributed by atoms with Crippen molar-refractivity contribution in [3.8, 4) is 22.6 Å². The Kier molecular flexibility index (Phi) is 4.77. The molecule has 146 valence electrons. The quantitative estimate of drug-likeness (QED) is 0.675. The van der Waals surface area contributed by atoms with E-state index >= 15 is 0 Å². The number of nitrogens with zero attached hydrogens (tertiary/aromatic N) is 3. The number of hydrogen-bond donors (Lipinski definition) is 0. The first-order chi connectivity index (χ1) is 13.6. The van der Waals surface area contributed by atoms with E-state index in [0.29, 0.717) is 35.7 Å². The molecule has 3 aromatic rings. The molecular formula is C21H23N3O4. The summed E-state index contributed by atoms with van der Waals surface area (Å²) in [7, 11) is 4.85. The molecule has 7 heteroatoms. The van der Waals surface area contributed by atoms with Gasteiger partial charge in [-0.05, 0) is 30.0 Å². The standard InChI is InChI=1S/C21H23N3O4/c1-12-7-16-14(17(25)8-12)10-22-21-20(15(11-26-2)23-24(16)21)13-5-6-18(27-3)19(9-13)28-4/h5-6,9-10,12H,7-8,11H2,1-4H3/t12-/m0/s1. The maximum Gasteiger partial charge on any atom is 0.166 e. The second kappa shape index (κ2) is 7.24. The zero-order chi connectivity index (χ0) is 19.8. The summed E-state index contributed by atoms with van der Waals surface area (Å²) in [6.07, 6.45) is 3.02. The number of hydrogen-bond acceptors (Lipinski definition) is 6. The molecule has 0 saturated carbocycles. The second-order valence-electron chi connectivity index (χ2n) is 7.12. The summed E-state index contributed by atoms with van der Waals surface area (Å²) in [4.78, 5) is 17.0. The minimum Gasteiger partial charge on any atom is -0.493 e. The molecule has 28 heavy (non-hydrogen) atoms. The molecule has 2 heterocycles. The van der Waals surface area contributed by atoms with E-state index in [9.17, 15) is 4.79 Å². The van der Waals surface area contributed by atoms with E-state index in [4.69, 9.17) is 19.3 Å². The van der Waals surface area contributed by atoms with E-state index in [-0.39, 0.29) is 11.7 Å². The molecule has 0 fully saturated rings. The zero-order valence-corrected chi connectivity index (χ0v) is 16.5. The van der Waals surface area contributed by atoms with Crippen LogP contribution in [0.2, 0.25) is 0 Å². The highest BCUT2D eigenvalue weighted by Gasteiger charge is 2.28. The Labute approximate surface area is 163 Å². The minimum atomic E-state index is 0.125. The number of methoxy groups -OCH3 is 3. The van der Waals surface area contributed by atoms with Crippen molar-refractivity contribution in [1.82, 2.24) is 14.6 Å². The van der Waals surface area contributed by atoms with Crippen molar-refractivity contribution >= 4 is 11.4 Å². The maximum absolute atomic E-state index is 12.4. The van der Waals surface area contributed by atoms with Gasteiger partial charge in [-0.3, -0.25) is 4.79 Å². The van der Waals surface area contributed by atoms with Gasteiger partial charge in [-0.1, -0.05) is 13.0 Å². The molecule has 0 saturated heterocycles. The van der Waals surface area contributed by atoms with Crippen molar-refractivity contribution in [1.29, 1.82) is 0 Å². The smallest absolute Gasteiger partial charge is 0.166 e. The van der Waals surface area contributed by atoms with Crippen molar-refractivity contribution in [2.24, 2.45) is 5.92 Å². The van der Waals surface area contributed by atoms with Crippen LogP contribution in [0.1, 0.15) is 35.1 Å². The summed E-state index contributed by atoms with van der Waals surface area (Å²) >= 11 is 0. The Morgan fingerprint density at radius 1 is 1.14 bits per heavy atom. The van der Waals surface area contributed by atoms with Crippen LogP contribution in [-0.2, 0) is 17.8 Å². The van der Waals surface area contributed by atoms with Crippen molar-refractivity contribution in [3.63, 3.8) is 0 Å². The van der Waals surface area contributed by atoms with Gasteiger partial charge in [0, 0.05) is 19.7 Å². The molecule has 1 atom stereocenters. The molecule has 4 rings (SSSR count). The van der Waals surface area contributed by atoms with E-state index < -0.39 is 0 Å². The van der Waals surface area contributed by atoms with E-state index in [1.54, 1.807) is 27.5 Å². The van der Waals surface area contributed by atoms with Crippen molar-refractivity contribution in [3.05, 3.63) is 41.3 Å².